The minimum Gasteiger partial charge on any atom is -0.426 e. The van der Waals surface area contributed by atoms with Crippen molar-refractivity contribution in [2.24, 2.45) is 29.6 Å². The Morgan fingerprint density at radius 2 is 2.15 bits per heavy atom. The van der Waals surface area contributed by atoms with Crippen LogP contribution in [-0.4, -0.2) is 16.2 Å². The fourth-order valence-corrected chi connectivity index (χ4v) is 4.65. The van der Waals surface area contributed by atoms with E-state index in [1.807, 2.05) is 18.2 Å². The van der Waals surface area contributed by atoms with E-state index in [0.29, 0.717) is 11.7 Å². The predicted molar refractivity (Wildman–Crippen MR) is 73.0 cm³/mol. The summed E-state index contributed by atoms with van der Waals surface area (Å²) in [6.07, 6.45) is 5.44. The molecule has 0 saturated heterocycles. The molecule has 20 heavy (non-hydrogen) atoms. The molecule has 3 saturated carbocycles. The van der Waals surface area contributed by atoms with Gasteiger partial charge in [0, 0.05) is 11.5 Å². The van der Waals surface area contributed by atoms with Gasteiger partial charge in [-0.2, -0.15) is 5.10 Å². The summed E-state index contributed by atoms with van der Waals surface area (Å²) in [6.45, 7) is 0. The second-order valence-corrected chi connectivity index (χ2v) is 6.61. The minimum absolute atomic E-state index is 0.0262. The van der Waals surface area contributed by atoms with Gasteiger partial charge < -0.3 is 4.74 Å². The maximum atomic E-state index is 12.4. The van der Waals surface area contributed by atoms with Crippen molar-refractivity contribution in [1.29, 1.82) is 0 Å². The molecule has 5 unspecified atom stereocenters. The van der Waals surface area contributed by atoms with Gasteiger partial charge in [-0.15, -0.1) is 0 Å². The first-order valence-electron chi connectivity index (χ1n) is 7.44. The van der Waals surface area contributed by atoms with Crippen LogP contribution in [0.15, 0.2) is 24.4 Å². The molecule has 1 N–H and O–H groups in total. The number of H-pyrrole nitrogens is 1. The van der Waals surface area contributed by atoms with E-state index in [-0.39, 0.29) is 11.9 Å². The van der Waals surface area contributed by atoms with Crippen molar-refractivity contribution in [1.82, 2.24) is 10.2 Å². The average Bonchev–Trinajstić information content (AvgIpc) is 2.85. The highest BCUT2D eigenvalue weighted by Crippen LogP contribution is 2.67. The van der Waals surface area contributed by atoms with Crippen molar-refractivity contribution >= 4 is 16.9 Å². The second-order valence-electron chi connectivity index (χ2n) is 6.61. The number of esters is 1. The van der Waals surface area contributed by atoms with E-state index in [2.05, 4.69) is 10.2 Å². The van der Waals surface area contributed by atoms with Crippen LogP contribution in [0.4, 0.5) is 0 Å². The summed E-state index contributed by atoms with van der Waals surface area (Å²) < 4.78 is 5.61. The molecule has 3 aliphatic carbocycles. The van der Waals surface area contributed by atoms with Crippen LogP contribution in [0.25, 0.3) is 10.9 Å². The van der Waals surface area contributed by atoms with Crippen LogP contribution in [0.1, 0.15) is 19.3 Å². The van der Waals surface area contributed by atoms with Crippen molar-refractivity contribution in [3.63, 3.8) is 0 Å². The number of hydrogen-bond acceptors (Lipinski definition) is 3. The Kier molecular flexibility index (Phi) is 1.97. The number of aromatic amines is 1. The summed E-state index contributed by atoms with van der Waals surface area (Å²) in [6, 6.07) is 5.63. The molecule has 1 heterocycles. The third-order valence-electron chi connectivity index (χ3n) is 5.63. The SMILES string of the molecule is O=C(Oc1ccc2cn[nH]c2c1)C1CC2CC1C1CC21. The van der Waals surface area contributed by atoms with E-state index in [0.717, 1.165) is 35.1 Å². The monoisotopic (exact) mass is 268 g/mol. The zero-order chi connectivity index (χ0) is 13.3. The molecule has 0 radical (unpaired) electrons. The number of carbonyl (C=O) groups excluding carboxylic acids is 1. The van der Waals surface area contributed by atoms with E-state index >= 15 is 0 Å². The number of nitrogens with zero attached hydrogens (tertiary/aromatic N) is 1. The largest absolute Gasteiger partial charge is 0.426 e. The van der Waals surface area contributed by atoms with Crippen LogP contribution in [0.3, 0.4) is 0 Å². The van der Waals surface area contributed by atoms with Crippen molar-refractivity contribution in [3.8, 4) is 5.75 Å². The van der Waals surface area contributed by atoms with Crippen LogP contribution in [0.5, 0.6) is 5.75 Å². The number of nitrogens with one attached hydrogen (secondary N) is 1. The number of carbonyl (C=O) groups is 1. The van der Waals surface area contributed by atoms with Crippen molar-refractivity contribution in [2.75, 3.05) is 0 Å². The van der Waals surface area contributed by atoms with Crippen LogP contribution < -0.4 is 4.74 Å². The molecule has 102 valence electrons. The zero-order valence-electron chi connectivity index (χ0n) is 11.1. The smallest absolute Gasteiger partial charge is 0.314 e. The number of ether oxygens (including phenoxy) is 1. The Balaban J connectivity index is 1.37. The lowest BCUT2D eigenvalue weighted by molar-refractivity contribution is -0.140. The van der Waals surface area contributed by atoms with Gasteiger partial charge >= 0.3 is 5.97 Å². The minimum atomic E-state index is -0.0262. The van der Waals surface area contributed by atoms with Crippen LogP contribution in [-0.2, 0) is 4.79 Å². The summed E-state index contributed by atoms with van der Waals surface area (Å²) in [5, 5.41) is 7.92. The van der Waals surface area contributed by atoms with Gasteiger partial charge in [-0.1, -0.05) is 0 Å². The van der Waals surface area contributed by atoms with Gasteiger partial charge in [0.15, 0.2) is 0 Å². The summed E-state index contributed by atoms with van der Waals surface area (Å²) >= 11 is 0. The maximum Gasteiger partial charge on any atom is 0.314 e. The first kappa shape index (κ1) is 10.9. The maximum absolute atomic E-state index is 12.4. The molecule has 2 aromatic rings. The number of fused-ring (bicyclic) bond motifs is 6. The van der Waals surface area contributed by atoms with Gasteiger partial charge in [-0.3, -0.25) is 9.89 Å². The van der Waals surface area contributed by atoms with Gasteiger partial charge in [0.05, 0.1) is 17.6 Å². The number of aromatic nitrogens is 2. The Bertz CT molecular complexity index is 707. The van der Waals surface area contributed by atoms with Crippen LogP contribution in [0, 0.1) is 29.6 Å². The van der Waals surface area contributed by atoms with Gasteiger partial charge in [0.2, 0.25) is 0 Å². The molecule has 1 aromatic heterocycles. The van der Waals surface area contributed by atoms with Crippen molar-refractivity contribution < 1.29 is 9.53 Å². The molecule has 4 nitrogen and oxygen atoms in total. The van der Waals surface area contributed by atoms with E-state index < -0.39 is 0 Å². The number of benzene rings is 1. The molecule has 5 atom stereocenters. The molecule has 4 heteroatoms. The molecule has 0 aliphatic heterocycles. The molecule has 0 amide bonds. The molecule has 2 bridgehead atoms. The van der Waals surface area contributed by atoms with Gasteiger partial charge in [-0.25, -0.2) is 0 Å². The molecule has 5 rings (SSSR count). The summed E-state index contributed by atoms with van der Waals surface area (Å²) in [5.74, 6) is 3.93. The highest BCUT2D eigenvalue weighted by Gasteiger charge is 2.62. The predicted octanol–water partition coefficient (Wildman–Crippen LogP) is 2.76. The number of rotatable bonds is 2. The van der Waals surface area contributed by atoms with E-state index in [9.17, 15) is 4.79 Å². The third-order valence-corrected chi connectivity index (χ3v) is 5.63. The first-order valence-corrected chi connectivity index (χ1v) is 7.44. The lowest BCUT2D eigenvalue weighted by Gasteiger charge is -2.19. The summed E-state index contributed by atoms with van der Waals surface area (Å²) in [5.41, 5.74) is 0.908. The Labute approximate surface area is 116 Å². The zero-order valence-corrected chi connectivity index (χ0v) is 11.1. The molecule has 3 aliphatic rings. The van der Waals surface area contributed by atoms with Crippen LogP contribution in [0.2, 0.25) is 0 Å². The highest BCUT2D eigenvalue weighted by atomic mass is 16.5. The lowest BCUT2D eigenvalue weighted by atomic mass is 9.89. The normalized spacial score (nSPS) is 37.1. The van der Waals surface area contributed by atoms with Gasteiger partial charge in [0.25, 0.3) is 0 Å². The lowest BCUT2D eigenvalue weighted by Crippen LogP contribution is -2.26. The molecule has 0 spiro atoms. The molecular weight excluding hydrogens is 252 g/mol. The third kappa shape index (κ3) is 1.42. The quantitative estimate of drug-likeness (QED) is 0.673. The summed E-state index contributed by atoms with van der Waals surface area (Å²) in [7, 11) is 0. The Morgan fingerprint density at radius 3 is 3.00 bits per heavy atom. The Morgan fingerprint density at radius 1 is 1.20 bits per heavy atom. The second kappa shape index (κ2) is 3.62. The van der Waals surface area contributed by atoms with E-state index in [1.54, 1.807) is 6.20 Å². The standard InChI is InChI=1S/C16H16N2O2/c19-16(14-4-9-3-12(14)13-6-11(9)13)20-10-2-1-8-7-17-18-15(8)5-10/h1-2,5,7,9,11-14H,3-4,6H2,(H,17,18). The Hall–Kier alpha value is -1.84. The highest BCUT2D eigenvalue weighted by molar-refractivity contribution is 5.81. The molecular formula is C16H16N2O2. The fourth-order valence-electron chi connectivity index (χ4n) is 4.65. The molecule has 1 aromatic carbocycles. The van der Waals surface area contributed by atoms with Crippen LogP contribution >= 0.6 is 0 Å². The average molecular weight is 268 g/mol. The van der Waals surface area contributed by atoms with Crippen molar-refractivity contribution in [2.45, 2.75) is 19.3 Å². The fraction of sp³-hybridized carbons (Fsp3) is 0.500. The van der Waals surface area contributed by atoms with Crippen molar-refractivity contribution in [3.05, 3.63) is 24.4 Å². The number of hydrogen-bond donors (Lipinski definition) is 1. The first-order chi connectivity index (χ1) is 9.79. The van der Waals surface area contributed by atoms with Gasteiger partial charge in [0.1, 0.15) is 5.75 Å². The molecule has 3 fully saturated rings. The van der Waals surface area contributed by atoms with Gasteiger partial charge in [-0.05, 0) is 55.1 Å². The van der Waals surface area contributed by atoms with E-state index in [4.69, 9.17) is 4.74 Å². The summed E-state index contributed by atoms with van der Waals surface area (Å²) in [4.78, 5) is 12.4. The topological polar surface area (TPSA) is 55.0 Å². The van der Waals surface area contributed by atoms with E-state index in [1.165, 1.54) is 12.8 Å².